The van der Waals surface area contributed by atoms with Crippen LogP contribution in [0.5, 0.6) is 5.75 Å². The Labute approximate surface area is 101 Å². The second kappa shape index (κ2) is 4.24. The van der Waals surface area contributed by atoms with Crippen LogP contribution in [0.15, 0.2) is 24.3 Å². The predicted octanol–water partition coefficient (Wildman–Crippen LogP) is 0.506. The van der Waals surface area contributed by atoms with Crippen LogP contribution in [0.4, 0.5) is 0 Å². The van der Waals surface area contributed by atoms with Crippen molar-refractivity contribution in [1.82, 2.24) is 20.2 Å². The lowest BCUT2D eigenvalue weighted by Crippen LogP contribution is -2.06. The van der Waals surface area contributed by atoms with Gasteiger partial charge in [0.2, 0.25) is 4.77 Å². The number of aromatic amines is 1. The Kier molecular flexibility index (Phi) is 2.92. The minimum Gasteiger partial charge on any atom is -0.362 e. The van der Waals surface area contributed by atoms with E-state index in [9.17, 15) is 8.42 Å². The minimum atomic E-state index is -4.51. The highest BCUT2D eigenvalue weighted by Gasteiger charge is 2.07. The highest BCUT2D eigenvalue weighted by Crippen LogP contribution is 2.15. The number of rotatable bonds is 3. The van der Waals surface area contributed by atoms with Crippen molar-refractivity contribution in [3.63, 3.8) is 0 Å². The molecule has 0 aliphatic carbocycles. The maximum atomic E-state index is 10.5. The van der Waals surface area contributed by atoms with Gasteiger partial charge in [-0.2, -0.15) is 13.6 Å². The first-order valence-corrected chi connectivity index (χ1v) is 6.00. The molecular weight excluding hydrogens is 268 g/mol. The fraction of sp³-hybridized carbons (Fsp3) is 0. The van der Waals surface area contributed by atoms with Crippen LogP contribution in [0.1, 0.15) is 0 Å². The molecule has 0 spiro atoms. The van der Waals surface area contributed by atoms with Gasteiger partial charge in [0.05, 0.1) is 5.69 Å². The maximum Gasteiger partial charge on any atom is 0.446 e. The van der Waals surface area contributed by atoms with Gasteiger partial charge < -0.3 is 4.18 Å². The Morgan fingerprint density at radius 2 is 2.00 bits per heavy atom. The molecule has 0 saturated heterocycles. The molecule has 17 heavy (non-hydrogen) atoms. The van der Waals surface area contributed by atoms with E-state index in [0.29, 0.717) is 5.69 Å². The predicted molar refractivity (Wildman–Crippen MR) is 58.7 cm³/mol. The summed E-state index contributed by atoms with van der Waals surface area (Å²) in [7, 11) is -4.51. The molecule has 0 unspecified atom stereocenters. The van der Waals surface area contributed by atoms with Gasteiger partial charge in [0.15, 0.2) is 0 Å². The second-order valence-electron chi connectivity index (χ2n) is 2.92. The average molecular weight is 274 g/mol. The molecule has 2 rings (SSSR count). The zero-order valence-electron chi connectivity index (χ0n) is 8.14. The number of nitrogens with zero attached hydrogens (tertiary/aromatic N) is 3. The minimum absolute atomic E-state index is 0.0183. The van der Waals surface area contributed by atoms with Gasteiger partial charge in [-0.3, -0.25) is 4.55 Å². The average Bonchev–Trinajstić information content (AvgIpc) is 2.63. The van der Waals surface area contributed by atoms with Gasteiger partial charge in [-0.1, -0.05) is 10.3 Å². The smallest absolute Gasteiger partial charge is 0.362 e. The summed E-state index contributed by atoms with van der Waals surface area (Å²) < 4.78 is 35.3. The molecule has 90 valence electrons. The highest BCUT2D eigenvalue weighted by atomic mass is 32.3. The lowest BCUT2D eigenvalue weighted by molar-refractivity contribution is 0.387. The van der Waals surface area contributed by atoms with E-state index in [2.05, 4.69) is 19.7 Å². The third-order valence-electron chi connectivity index (χ3n) is 1.77. The van der Waals surface area contributed by atoms with E-state index < -0.39 is 10.4 Å². The molecule has 1 heterocycles. The first-order valence-electron chi connectivity index (χ1n) is 4.23. The summed E-state index contributed by atoms with van der Waals surface area (Å²) in [4.78, 5) is 0. The number of benzene rings is 1. The fourth-order valence-electron chi connectivity index (χ4n) is 1.14. The number of hydrogen-bond donors (Lipinski definition) is 2. The molecule has 0 saturated carbocycles. The van der Waals surface area contributed by atoms with Crippen LogP contribution in [0.25, 0.3) is 5.69 Å². The molecule has 0 aliphatic rings. The van der Waals surface area contributed by atoms with Crippen molar-refractivity contribution in [2.45, 2.75) is 0 Å². The summed E-state index contributed by atoms with van der Waals surface area (Å²) in [5.41, 5.74) is 0.600. The van der Waals surface area contributed by atoms with Gasteiger partial charge in [0.25, 0.3) is 0 Å². The monoisotopic (exact) mass is 274 g/mol. The Hall–Kier alpha value is -1.78. The summed E-state index contributed by atoms with van der Waals surface area (Å²) in [6.45, 7) is 0. The van der Waals surface area contributed by atoms with Gasteiger partial charge in [-0.25, -0.2) is 4.68 Å². The molecule has 2 N–H and O–H groups in total. The van der Waals surface area contributed by atoms with E-state index in [1.165, 1.54) is 28.9 Å². The highest BCUT2D eigenvalue weighted by molar-refractivity contribution is 7.81. The zero-order valence-corrected chi connectivity index (χ0v) is 9.77. The number of aromatic nitrogens is 4. The van der Waals surface area contributed by atoms with E-state index in [-0.39, 0.29) is 10.5 Å². The lowest BCUT2D eigenvalue weighted by atomic mass is 10.3. The Morgan fingerprint density at radius 1 is 1.35 bits per heavy atom. The van der Waals surface area contributed by atoms with Crippen molar-refractivity contribution in [2.75, 3.05) is 0 Å². The first kappa shape index (κ1) is 11.7. The van der Waals surface area contributed by atoms with Crippen molar-refractivity contribution in [3.05, 3.63) is 29.0 Å². The maximum absolute atomic E-state index is 10.5. The van der Waals surface area contributed by atoms with Crippen LogP contribution in [0.3, 0.4) is 0 Å². The van der Waals surface area contributed by atoms with Crippen LogP contribution < -0.4 is 4.18 Å². The van der Waals surface area contributed by atoms with Crippen molar-refractivity contribution >= 4 is 22.6 Å². The third-order valence-corrected chi connectivity index (χ3v) is 2.44. The normalized spacial score (nSPS) is 11.4. The quantitative estimate of drug-likeness (QED) is 0.619. The van der Waals surface area contributed by atoms with E-state index in [1.54, 1.807) is 0 Å². The van der Waals surface area contributed by atoms with Crippen LogP contribution >= 0.6 is 12.2 Å². The molecule has 0 fully saturated rings. The standard InChI is InChI=1S/C7H6N4O4S2/c12-17(13,14)15-6-3-1-5(2-4-6)11-7(16)8-9-10-11/h1-4H,(H,8,10,16)(H,12,13,14). The van der Waals surface area contributed by atoms with Crippen molar-refractivity contribution in [1.29, 1.82) is 0 Å². The van der Waals surface area contributed by atoms with E-state index >= 15 is 0 Å². The van der Waals surface area contributed by atoms with Crippen LogP contribution in [0.2, 0.25) is 0 Å². The summed E-state index contributed by atoms with van der Waals surface area (Å²) in [6.07, 6.45) is 0. The van der Waals surface area contributed by atoms with Gasteiger partial charge >= 0.3 is 10.4 Å². The molecule has 0 amide bonds. The molecule has 10 heteroatoms. The molecule has 0 atom stereocenters. The molecule has 0 aliphatic heterocycles. The molecule has 1 aromatic heterocycles. The number of hydrogen-bond acceptors (Lipinski definition) is 6. The Bertz CT molecular complexity index is 672. The van der Waals surface area contributed by atoms with Crippen molar-refractivity contribution < 1.29 is 17.2 Å². The molecule has 8 nitrogen and oxygen atoms in total. The number of nitrogens with one attached hydrogen (secondary N) is 1. The van der Waals surface area contributed by atoms with Gasteiger partial charge in [0.1, 0.15) is 5.75 Å². The van der Waals surface area contributed by atoms with Crippen molar-refractivity contribution in [2.24, 2.45) is 0 Å². The fourth-order valence-corrected chi connectivity index (χ4v) is 1.68. The van der Waals surface area contributed by atoms with E-state index in [4.69, 9.17) is 16.8 Å². The SMILES string of the molecule is O=S(=O)(O)Oc1ccc(-n2[nH]nnc2=S)cc1. The lowest BCUT2D eigenvalue weighted by Gasteiger charge is -2.03. The summed E-state index contributed by atoms with van der Waals surface area (Å²) in [6, 6.07) is 5.75. The Morgan fingerprint density at radius 3 is 2.47 bits per heavy atom. The molecule has 0 bridgehead atoms. The van der Waals surface area contributed by atoms with Crippen molar-refractivity contribution in [3.8, 4) is 11.4 Å². The summed E-state index contributed by atoms with van der Waals surface area (Å²) in [5, 5.41) is 9.61. The largest absolute Gasteiger partial charge is 0.446 e. The first-order chi connectivity index (χ1) is 7.96. The second-order valence-corrected chi connectivity index (χ2v) is 4.31. The van der Waals surface area contributed by atoms with E-state index in [1.807, 2.05) is 0 Å². The van der Waals surface area contributed by atoms with E-state index in [0.717, 1.165) is 0 Å². The molecule has 0 radical (unpaired) electrons. The molecular formula is C7H6N4O4S2. The number of H-pyrrole nitrogens is 1. The summed E-state index contributed by atoms with van der Waals surface area (Å²) >= 11 is 4.88. The molecule has 1 aromatic carbocycles. The van der Waals surface area contributed by atoms with Gasteiger partial charge in [0, 0.05) is 0 Å². The van der Waals surface area contributed by atoms with Gasteiger partial charge in [-0.05, 0) is 36.5 Å². The zero-order chi connectivity index (χ0) is 12.5. The molecule has 2 aromatic rings. The van der Waals surface area contributed by atoms with Crippen LogP contribution in [0, 0.1) is 4.77 Å². The van der Waals surface area contributed by atoms with Crippen LogP contribution in [-0.4, -0.2) is 33.2 Å². The summed E-state index contributed by atoms with van der Waals surface area (Å²) in [5.74, 6) is -0.0183. The number of tetrazole rings is 1. The topological polar surface area (TPSA) is 110 Å². The Balaban J connectivity index is 2.31. The van der Waals surface area contributed by atoms with Crippen LogP contribution in [-0.2, 0) is 10.4 Å². The third kappa shape index (κ3) is 2.87. The van der Waals surface area contributed by atoms with Gasteiger partial charge in [-0.15, -0.1) is 0 Å².